The van der Waals surface area contributed by atoms with Crippen LogP contribution < -0.4 is 9.74 Å². The van der Waals surface area contributed by atoms with Crippen molar-refractivity contribution in [2.24, 2.45) is 4.99 Å². The number of nitrogens with zero attached hydrogens (tertiary/aromatic N) is 1. The summed E-state index contributed by atoms with van der Waals surface area (Å²) in [5.74, 6) is -39.9. The van der Waals surface area contributed by atoms with Crippen LogP contribution >= 0.6 is 0 Å². The van der Waals surface area contributed by atoms with E-state index in [1.54, 1.807) is 0 Å². The highest BCUT2D eigenvalue weighted by Crippen LogP contribution is 2.49. The third kappa shape index (κ3) is 9.09. The molecule has 1 N–H and O–H groups in total. The molecule has 2 aliphatic heterocycles. The van der Waals surface area contributed by atoms with Gasteiger partial charge in [-0.3, -0.25) is 4.99 Å². The van der Waals surface area contributed by atoms with Gasteiger partial charge in [0.15, 0.2) is 75.6 Å². The van der Waals surface area contributed by atoms with Crippen molar-refractivity contribution in [2.45, 2.75) is 94.9 Å². The highest BCUT2D eigenvalue weighted by Gasteiger charge is 2.54. The Balaban J connectivity index is 0.000000352. The molecule has 0 amide bonds. The summed E-state index contributed by atoms with van der Waals surface area (Å²) in [5.41, 5.74) is -8.52. The van der Waals surface area contributed by atoms with Crippen molar-refractivity contribution >= 4 is 24.7 Å². The summed E-state index contributed by atoms with van der Waals surface area (Å²) < 4.78 is 217. The van der Waals surface area contributed by atoms with Crippen LogP contribution in [-0.4, -0.2) is 33.4 Å². The molecule has 0 atom stereocenters. The van der Waals surface area contributed by atoms with Crippen LogP contribution in [0.3, 0.4) is 0 Å². The molecule has 0 bridgehead atoms. The number of unbranched alkanes of at least 4 members (excludes halogenated alkanes) is 8. The Bertz CT molecular complexity index is 1750. The lowest BCUT2D eigenvalue weighted by Crippen LogP contribution is -2.51. The van der Waals surface area contributed by atoms with E-state index in [1.165, 1.54) is 70.0 Å². The Morgan fingerprint density at radius 2 is 0.909 bits per heavy atom. The lowest BCUT2D eigenvalue weighted by molar-refractivity contribution is 0.0629. The molecule has 2 aliphatic rings. The van der Waals surface area contributed by atoms with E-state index in [9.17, 15) is 65.9 Å². The first kappa shape index (κ1) is 44.3. The number of halogens is 15. The summed E-state index contributed by atoms with van der Waals surface area (Å²) in [4.78, 5) is 4.41. The third-order valence-electron chi connectivity index (χ3n) is 9.39. The average Bonchev–Trinajstić information content (AvgIpc) is 3.70. The fourth-order valence-electron chi connectivity index (χ4n) is 6.63. The van der Waals surface area contributed by atoms with E-state index in [4.69, 9.17) is 3.79 Å². The van der Waals surface area contributed by atoms with Gasteiger partial charge in [-0.15, -0.1) is 0 Å². The van der Waals surface area contributed by atoms with Gasteiger partial charge in [-0.05, 0) is 17.3 Å². The van der Waals surface area contributed by atoms with Crippen molar-refractivity contribution in [3.8, 4) is 0 Å². The number of hydrogen-bond donors (Lipinski definition) is 1. The maximum Gasteiger partial charge on any atom is 0.509 e. The van der Waals surface area contributed by atoms with Crippen LogP contribution in [0.1, 0.15) is 95.1 Å². The fourth-order valence-corrected chi connectivity index (χ4v) is 9.39. The molecular formula is C36H34AlF15N2O. The van der Waals surface area contributed by atoms with E-state index < -0.39 is 141 Å². The average molecular weight is 823 g/mol. The zero-order valence-corrected chi connectivity index (χ0v) is 30.4. The molecule has 302 valence electrons. The van der Waals surface area contributed by atoms with Crippen molar-refractivity contribution in [1.82, 2.24) is 5.32 Å². The minimum atomic E-state index is -4.51. The van der Waals surface area contributed by atoms with E-state index in [1.807, 2.05) is 0 Å². The number of hydrogen-bond acceptors (Lipinski definition) is 3. The van der Waals surface area contributed by atoms with Gasteiger partial charge >= 0.3 is 14.5 Å². The summed E-state index contributed by atoms with van der Waals surface area (Å²) in [7, 11) is 0. The quantitative estimate of drug-likeness (QED) is 0.0613. The van der Waals surface area contributed by atoms with Gasteiger partial charge in [0.05, 0.1) is 23.5 Å². The molecule has 3 nitrogen and oxygen atoms in total. The first-order valence-electron chi connectivity index (χ1n) is 17.5. The van der Waals surface area contributed by atoms with Crippen LogP contribution in [0.5, 0.6) is 0 Å². The summed E-state index contributed by atoms with van der Waals surface area (Å²) in [6, 6.07) is 0. The Kier molecular flexibility index (Phi) is 15.4. The topological polar surface area (TPSA) is 33.6 Å². The lowest BCUT2D eigenvalue weighted by atomic mass is 9.80. The van der Waals surface area contributed by atoms with Crippen molar-refractivity contribution in [3.05, 3.63) is 98.4 Å². The summed E-state index contributed by atoms with van der Waals surface area (Å²) in [6.07, 6.45) is 11.7. The molecule has 0 saturated carbocycles. The van der Waals surface area contributed by atoms with Gasteiger partial charge in [-0.1, -0.05) is 70.0 Å². The number of aliphatic imine (C=N–C) groups is 1. The number of nitrogens with one attached hydrogen (secondary N) is 1. The highest BCUT2D eigenvalue weighted by molar-refractivity contribution is 6.67. The number of rotatable bonds is 13. The van der Waals surface area contributed by atoms with Crippen LogP contribution in [0.4, 0.5) is 65.9 Å². The molecule has 0 aromatic heterocycles. The highest BCUT2D eigenvalue weighted by atomic mass is 27.2. The van der Waals surface area contributed by atoms with Gasteiger partial charge in [0, 0.05) is 13.0 Å². The van der Waals surface area contributed by atoms with Crippen molar-refractivity contribution in [3.63, 3.8) is 0 Å². The molecule has 0 aliphatic carbocycles. The predicted octanol–water partition coefficient (Wildman–Crippen LogP) is 10.6. The zero-order chi connectivity index (χ0) is 40.8. The largest absolute Gasteiger partial charge is 0.509 e. The van der Waals surface area contributed by atoms with Crippen molar-refractivity contribution in [2.75, 3.05) is 13.1 Å². The summed E-state index contributed by atoms with van der Waals surface area (Å²) in [6.45, 7) is 4.33. The molecular weight excluding hydrogens is 788 g/mol. The van der Waals surface area contributed by atoms with Crippen molar-refractivity contribution < 1.29 is 69.6 Å². The second-order valence-electron chi connectivity index (χ2n) is 13.0. The second-order valence-corrected chi connectivity index (χ2v) is 15.4. The Hall–Kier alpha value is -3.43. The molecule has 2 heterocycles. The minimum Gasteiger partial charge on any atom is -0.485 e. The van der Waals surface area contributed by atoms with Gasteiger partial charge < -0.3 is 9.11 Å². The van der Waals surface area contributed by atoms with E-state index in [-0.39, 0.29) is 0 Å². The molecule has 1 saturated heterocycles. The maximum atomic E-state index is 14.9. The van der Waals surface area contributed by atoms with Crippen LogP contribution in [0.2, 0.25) is 5.28 Å². The predicted molar refractivity (Wildman–Crippen MR) is 172 cm³/mol. The molecule has 3 aromatic carbocycles. The second kappa shape index (κ2) is 19.1. The smallest absolute Gasteiger partial charge is 0.485 e. The molecule has 19 heteroatoms. The minimum absolute atomic E-state index is 0.745. The van der Waals surface area contributed by atoms with Crippen LogP contribution in [0.15, 0.2) is 4.99 Å². The molecule has 0 unspecified atom stereocenters. The van der Waals surface area contributed by atoms with Crippen LogP contribution in [0.25, 0.3) is 0 Å². The zero-order valence-electron chi connectivity index (χ0n) is 29.2. The first-order valence-corrected chi connectivity index (χ1v) is 19.4. The van der Waals surface area contributed by atoms with Gasteiger partial charge in [-0.2, -0.15) is 0 Å². The SMILES string of the molecule is CCCCCCCCCCCC1=NCCN1.Fc1c(F)c(F)[c]([Al]2[CH2]CCC(c3c(F)c(F)c(F)c(F)c3F)(c3c(F)c(F)c(F)c(F)c3F)[O]2)c(F)c1F. The normalized spacial score (nSPS) is 15.2. The van der Waals surface area contributed by atoms with E-state index in [0.29, 0.717) is 0 Å². The number of amidine groups is 1. The van der Waals surface area contributed by atoms with Crippen LogP contribution in [-0.2, 0) is 9.39 Å². The fraction of sp³-hybridized carbons (Fsp3) is 0.472. The van der Waals surface area contributed by atoms with Gasteiger partial charge in [-0.25, -0.2) is 65.9 Å². The summed E-state index contributed by atoms with van der Waals surface area (Å²) in [5, 5.41) is 2.59. The Morgan fingerprint density at radius 1 is 0.527 bits per heavy atom. The van der Waals surface area contributed by atoms with Crippen LogP contribution in [0, 0.1) is 87.3 Å². The Labute approximate surface area is 310 Å². The van der Waals surface area contributed by atoms with E-state index >= 15 is 0 Å². The van der Waals surface area contributed by atoms with Gasteiger partial charge in [0.2, 0.25) is 11.6 Å². The first-order chi connectivity index (χ1) is 26.0. The summed E-state index contributed by atoms with van der Waals surface area (Å²) >= 11 is -4.51. The van der Waals surface area contributed by atoms with Gasteiger partial charge in [0.25, 0.3) is 0 Å². The van der Waals surface area contributed by atoms with Gasteiger partial charge in [0.1, 0.15) is 5.60 Å². The molecule has 1 fully saturated rings. The van der Waals surface area contributed by atoms with E-state index in [2.05, 4.69) is 17.2 Å². The number of benzene rings is 3. The molecule has 0 spiro atoms. The monoisotopic (exact) mass is 822 g/mol. The molecule has 0 radical (unpaired) electrons. The van der Waals surface area contributed by atoms with Crippen molar-refractivity contribution in [1.29, 1.82) is 0 Å². The van der Waals surface area contributed by atoms with E-state index in [0.717, 1.165) is 13.1 Å². The molecule has 55 heavy (non-hydrogen) atoms. The lowest BCUT2D eigenvalue weighted by Gasteiger charge is -2.42. The Morgan fingerprint density at radius 3 is 1.31 bits per heavy atom. The molecule has 3 aromatic rings. The maximum absolute atomic E-state index is 14.9. The molecule has 5 rings (SSSR count). The standard InChI is InChI=1S/C16H6F10O.C14H28N2.C6F5.Al/c1-2-3-16(27,4-6(17)10(21)14(25)11(22)7(4)18)5-8(19)12(23)15(26)13(24)9(5)20;1-2-3-4-5-6-7-8-9-10-11-14-15-12-13-16-14;7-2-1-3(8)5(10)6(11)4(2)9;/h1-3H2;2-13H2,1H3,(H,15,16);;/q-1;;;+1. The third-order valence-corrected chi connectivity index (χ3v) is 12.2.